The molecule has 0 fully saturated rings. The Morgan fingerprint density at radius 3 is 2.38 bits per heavy atom. The molecule has 6 nitrogen and oxygen atoms in total. The first-order valence-electron chi connectivity index (χ1n) is 10.3. The fraction of sp³-hybridized carbons (Fsp3) is 0.682. The van der Waals surface area contributed by atoms with Gasteiger partial charge in [-0.25, -0.2) is 0 Å². The Hall–Kier alpha value is -0.318. The zero-order valence-corrected chi connectivity index (χ0v) is 23.6. The summed E-state index contributed by atoms with van der Waals surface area (Å²) >= 11 is 0. The molecule has 0 aliphatic carbocycles. The van der Waals surface area contributed by atoms with E-state index in [2.05, 4.69) is 49.6 Å². The quantitative estimate of drug-likeness (QED) is 0.0642. The molecule has 0 aromatic carbocycles. The molecule has 0 aliphatic heterocycles. The van der Waals surface area contributed by atoms with Gasteiger partial charge in [0.25, 0.3) is 0 Å². The second-order valence-electron chi connectivity index (χ2n) is 7.03. The molecule has 29 heavy (non-hydrogen) atoms. The summed E-state index contributed by atoms with van der Waals surface area (Å²) in [6.07, 6.45) is 8.24. The van der Waals surface area contributed by atoms with Gasteiger partial charge in [-0.05, 0) is 31.4 Å². The van der Waals surface area contributed by atoms with E-state index < -0.39 is 5.60 Å². The molecule has 168 valence electrons. The van der Waals surface area contributed by atoms with Gasteiger partial charge in [0.05, 0.1) is 18.1 Å². The fourth-order valence-corrected chi connectivity index (χ4v) is 2.69. The van der Waals surface area contributed by atoms with E-state index in [1.165, 1.54) is 12.8 Å². The number of allylic oxidation sites excluding steroid dienone is 1. The van der Waals surface area contributed by atoms with Gasteiger partial charge in [-0.3, -0.25) is 4.99 Å². The first-order valence-corrected chi connectivity index (χ1v) is 10.3. The normalized spacial score (nSPS) is 14.3. The molecule has 0 amide bonds. The third-order valence-corrected chi connectivity index (χ3v) is 4.59. The van der Waals surface area contributed by atoms with Gasteiger partial charge in [0.15, 0.2) is 5.60 Å². The van der Waals surface area contributed by atoms with Gasteiger partial charge in [-0.2, -0.15) is 0 Å². The maximum Gasteiger partial charge on any atom is 2.00 e. The summed E-state index contributed by atoms with van der Waals surface area (Å²) in [6, 6.07) is 0. The molecule has 6 N–H and O–H groups in total. The smallest absolute Gasteiger partial charge is 0.485 e. The van der Waals surface area contributed by atoms with Crippen LogP contribution in [-0.2, 0) is 4.74 Å². The van der Waals surface area contributed by atoms with E-state index in [1.807, 2.05) is 6.92 Å². The molecule has 0 spiro atoms. The maximum atomic E-state index is 6.13. The number of nitrogens with two attached hydrogens (primary N) is 2. The van der Waals surface area contributed by atoms with Crippen LogP contribution in [0.1, 0.15) is 66.2 Å². The molecule has 0 saturated heterocycles. The second-order valence-corrected chi connectivity index (χ2v) is 7.03. The van der Waals surface area contributed by atoms with E-state index in [9.17, 15) is 0 Å². The molecule has 0 rings (SSSR count). The summed E-state index contributed by atoms with van der Waals surface area (Å²) in [5, 5.41) is 6.50. The van der Waals surface area contributed by atoms with Crippen LogP contribution >= 0.6 is 0 Å². The summed E-state index contributed by atoms with van der Waals surface area (Å²) < 4.78 is 6.12. The average Bonchev–Trinajstić information content (AvgIpc) is 2.67. The van der Waals surface area contributed by atoms with Gasteiger partial charge < -0.3 is 34.3 Å². The molecular weight excluding hydrogens is 588 g/mol. The van der Waals surface area contributed by atoms with Gasteiger partial charge in [0, 0.05) is 19.4 Å². The van der Waals surface area contributed by atoms with Gasteiger partial charge in [-0.1, -0.05) is 53.7 Å². The van der Waals surface area contributed by atoms with Gasteiger partial charge in [0.2, 0.25) is 0 Å². The first-order chi connectivity index (χ1) is 12.9. The van der Waals surface area contributed by atoms with Crippen molar-refractivity contribution in [2.75, 3.05) is 19.6 Å². The summed E-state index contributed by atoms with van der Waals surface area (Å²) in [4.78, 5) is 4.44. The number of hydrogen-bond donors (Lipinski definition) is 4. The van der Waals surface area contributed by atoms with Crippen LogP contribution in [0.25, 0.3) is 0 Å². The third kappa shape index (κ3) is 15.2. The van der Waals surface area contributed by atoms with E-state index in [-0.39, 0.29) is 38.5 Å². The van der Waals surface area contributed by atoms with Crippen molar-refractivity contribution < 1.29 is 35.9 Å². The SMILES string of the molecule is C=C[C@@](CN=C(N)CC)(CN[C-](N)NCC(CC)CCC)OC(=C)CCC.[CH3-].[U+2]. The van der Waals surface area contributed by atoms with Crippen molar-refractivity contribution in [1.82, 2.24) is 10.6 Å². The van der Waals surface area contributed by atoms with Crippen LogP contribution in [0, 0.1) is 50.7 Å². The van der Waals surface area contributed by atoms with Gasteiger partial charge in [0.1, 0.15) is 0 Å². The first kappa shape index (κ1) is 33.3. The Kier molecular flexibility index (Phi) is 22.6. The van der Waals surface area contributed by atoms with E-state index in [4.69, 9.17) is 16.2 Å². The Morgan fingerprint density at radius 2 is 1.90 bits per heavy atom. The molecule has 0 aliphatic rings. The van der Waals surface area contributed by atoms with E-state index in [0.29, 0.717) is 43.3 Å². The summed E-state index contributed by atoms with van der Waals surface area (Å²) in [6.45, 7) is 18.1. The largest absolute Gasteiger partial charge is 2.00 e. The number of aliphatic imine (C=N–C) groups is 1. The van der Waals surface area contributed by atoms with Crippen molar-refractivity contribution in [3.63, 3.8) is 0 Å². The van der Waals surface area contributed by atoms with E-state index in [0.717, 1.165) is 25.8 Å². The molecule has 0 radical (unpaired) electrons. The Labute approximate surface area is 204 Å². The number of nitrogens with one attached hydrogen (secondary N) is 2. The van der Waals surface area contributed by atoms with Crippen molar-refractivity contribution >= 4 is 5.84 Å². The third-order valence-electron chi connectivity index (χ3n) is 4.59. The van der Waals surface area contributed by atoms with Crippen molar-refractivity contribution in [1.29, 1.82) is 0 Å². The van der Waals surface area contributed by atoms with Crippen LogP contribution < -0.4 is 22.1 Å². The molecule has 0 saturated carbocycles. The molecule has 2 atom stereocenters. The zero-order valence-electron chi connectivity index (χ0n) is 19.4. The predicted molar refractivity (Wildman–Crippen MR) is 123 cm³/mol. The second kappa shape index (κ2) is 19.6. The van der Waals surface area contributed by atoms with Crippen LogP contribution in [-0.4, -0.2) is 31.1 Å². The van der Waals surface area contributed by atoms with Gasteiger partial charge in [-0.15, -0.1) is 6.29 Å². The topological polar surface area (TPSA) is 97.7 Å². The minimum Gasteiger partial charge on any atom is -0.485 e. The Bertz CT molecular complexity index is 458. The average molecular weight is 634 g/mol. The number of hydrogen-bond acceptors (Lipinski definition) is 5. The number of nitrogens with zero attached hydrogens (tertiary/aromatic N) is 1. The summed E-state index contributed by atoms with van der Waals surface area (Å²) in [5.74, 6) is 1.92. The minimum atomic E-state index is -0.744. The van der Waals surface area contributed by atoms with Crippen LogP contribution in [0.15, 0.2) is 30.0 Å². The fourth-order valence-electron chi connectivity index (χ4n) is 2.69. The summed E-state index contributed by atoms with van der Waals surface area (Å²) in [7, 11) is 0. The number of amidine groups is 1. The number of rotatable bonds is 17. The zero-order chi connectivity index (χ0) is 20.7. The number of ether oxygens (including phenoxy) is 1. The van der Waals surface area contributed by atoms with Crippen LogP contribution in [0.4, 0.5) is 0 Å². The van der Waals surface area contributed by atoms with Crippen LogP contribution in [0.2, 0.25) is 0 Å². The predicted octanol–water partition coefficient (Wildman–Crippen LogP) is 3.87. The van der Waals surface area contributed by atoms with Crippen LogP contribution in [0.3, 0.4) is 0 Å². The van der Waals surface area contributed by atoms with E-state index in [1.54, 1.807) is 6.08 Å². The molecule has 0 bridgehead atoms. The monoisotopic (exact) mass is 633 g/mol. The van der Waals surface area contributed by atoms with Crippen molar-refractivity contribution in [2.45, 2.75) is 71.8 Å². The maximum absolute atomic E-state index is 6.13. The molecule has 7 heteroatoms. The summed E-state index contributed by atoms with van der Waals surface area (Å²) in [5.41, 5.74) is 11.3. The molecule has 0 aromatic heterocycles. The van der Waals surface area contributed by atoms with Gasteiger partial charge >= 0.3 is 31.1 Å². The Morgan fingerprint density at radius 1 is 1.24 bits per heavy atom. The molecule has 0 heterocycles. The Balaban J connectivity index is -0.00000338. The molecule has 0 aromatic rings. The standard InChI is InChI=1S/C21H42N5O.CH3.U/c1-7-12-17(6)27-21(11-5,15-25-19(22)10-4)16-26-20(23)24-14-18(9-3)13-8-2;;/h11,18,24,26H,5-10,12-16,23H2,1-4H3,(H2,22,25);1H3;/q2*-1;+2/t18?,21-;;/m1../s1. The van der Waals surface area contributed by atoms with Crippen molar-refractivity contribution in [3.05, 3.63) is 38.7 Å². The van der Waals surface area contributed by atoms with Crippen molar-refractivity contribution in [2.24, 2.45) is 22.4 Å². The molecular formula is C22H45N5OU. The van der Waals surface area contributed by atoms with Crippen LogP contribution in [0.5, 0.6) is 0 Å². The minimum absolute atomic E-state index is 0. The van der Waals surface area contributed by atoms with E-state index >= 15 is 0 Å². The van der Waals surface area contributed by atoms with Crippen molar-refractivity contribution in [3.8, 4) is 0 Å². The molecule has 1 unspecified atom stereocenters.